The molecule has 3 rings (SSSR count). The Bertz CT molecular complexity index is 1270. The molecule has 0 spiro atoms. The number of rotatable bonds is 12. The van der Waals surface area contributed by atoms with Crippen LogP contribution in [0.15, 0.2) is 64.8 Å². The number of unbranched alkanes of at least 4 members (excludes halogenated alkanes) is 1. The Balaban J connectivity index is 1.86. The van der Waals surface area contributed by atoms with Crippen molar-refractivity contribution in [3.05, 3.63) is 81.4 Å². The van der Waals surface area contributed by atoms with Gasteiger partial charge < -0.3 is 14.4 Å². The predicted molar refractivity (Wildman–Crippen MR) is 150 cm³/mol. The molecule has 0 amide bonds. The van der Waals surface area contributed by atoms with Crippen LogP contribution in [0.25, 0.3) is 12.2 Å². The van der Waals surface area contributed by atoms with Gasteiger partial charge in [-0.25, -0.2) is 0 Å². The second-order valence-corrected chi connectivity index (χ2v) is 8.57. The fraction of sp³-hybridized carbons (Fsp3) is 0.310. The van der Waals surface area contributed by atoms with Gasteiger partial charge in [0.1, 0.15) is 17.2 Å². The normalized spacial score (nSPS) is 11.3. The number of methoxy groups -OCH3 is 2. The lowest BCUT2D eigenvalue weighted by Crippen LogP contribution is -2.23. The zero-order valence-electron chi connectivity index (χ0n) is 22.1. The van der Waals surface area contributed by atoms with Crippen LogP contribution < -0.4 is 14.4 Å². The lowest BCUT2D eigenvalue weighted by molar-refractivity contribution is -0.385. The summed E-state index contributed by atoms with van der Waals surface area (Å²) in [4.78, 5) is 13.4. The fourth-order valence-electron chi connectivity index (χ4n) is 3.91. The van der Waals surface area contributed by atoms with Gasteiger partial charge in [-0.1, -0.05) is 25.5 Å². The molecule has 0 bridgehead atoms. The fourth-order valence-corrected chi connectivity index (χ4v) is 3.91. The highest BCUT2D eigenvalue weighted by atomic mass is 16.6. The summed E-state index contributed by atoms with van der Waals surface area (Å²) in [5.74, 6) is 1.06. The topological polar surface area (TPSA) is 89.6 Å². The first-order valence-corrected chi connectivity index (χ1v) is 12.4. The summed E-state index contributed by atoms with van der Waals surface area (Å²) >= 11 is 0. The van der Waals surface area contributed by atoms with Gasteiger partial charge in [0.15, 0.2) is 0 Å². The van der Waals surface area contributed by atoms with Gasteiger partial charge in [0, 0.05) is 36.5 Å². The van der Waals surface area contributed by atoms with Crippen molar-refractivity contribution in [1.82, 2.24) is 0 Å². The van der Waals surface area contributed by atoms with Gasteiger partial charge in [-0.2, -0.15) is 5.11 Å². The molecule has 0 aliphatic carbocycles. The number of azo groups is 1. The van der Waals surface area contributed by atoms with Gasteiger partial charge in [-0.3, -0.25) is 10.1 Å². The van der Waals surface area contributed by atoms with Crippen molar-refractivity contribution in [2.45, 2.75) is 33.6 Å². The van der Waals surface area contributed by atoms with Crippen LogP contribution >= 0.6 is 0 Å². The van der Waals surface area contributed by atoms with Crippen molar-refractivity contribution in [2.24, 2.45) is 10.2 Å². The zero-order chi connectivity index (χ0) is 26.8. The van der Waals surface area contributed by atoms with E-state index in [1.165, 1.54) is 5.69 Å². The van der Waals surface area contributed by atoms with Crippen LogP contribution in [0.2, 0.25) is 0 Å². The molecule has 0 radical (unpaired) electrons. The summed E-state index contributed by atoms with van der Waals surface area (Å²) in [5.41, 5.74) is 4.48. The Morgan fingerprint density at radius 2 is 1.62 bits per heavy atom. The van der Waals surface area contributed by atoms with Crippen LogP contribution in [0, 0.1) is 17.0 Å². The van der Waals surface area contributed by atoms with Gasteiger partial charge >= 0.3 is 0 Å². The highest BCUT2D eigenvalue weighted by molar-refractivity contribution is 5.78. The lowest BCUT2D eigenvalue weighted by atomic mass is 10.1. The molecule has 0 N–H and O–H groups in total. The number of benzene rings is 3. The number of ether oxygens (including phenoxy) is 2. The molecule has 8 nitrogen and oxygen atoms in total. The molecule has 0 fully saturated rings. The van der Waals surface area contributed by atoms with Crippen molar-refractivity contribution in [3.8, 4) is 11.5 Å². The summed E-state index contributed by atoms with van der Waals surface area (Å²) in [6, 6.07) is 16.6. The largest absolute Gasteiger partial charge is 0.496 e. The standard InChI is InChI=1S/C29H34N4O4/c1-6-8-17-32(7-2)25-15-13-24(14-16-25)30-31-26-20-28(36-4)23(19-29(26)37-5)12-11-22-10-9-21(3)18-27(22)33(34)35/h9-16,18-20H,6-8,17H2,1-5H3. The second kappa shape index (κ2) is 13.2. The first-order valence-electron chi connectivity index (χ1n) is 12.4. The molecule has 0 unspecified atom stereocenters. The van der Waals surface area contributed by atoms with Crippen molar-refractivity contribution in [1.29, 1.82) is 0 Å². The van der Waals surface area contributed by atoms with E-state index >= 15 is 0 Å². The number of nitro groups is 1. The third-order valence-corrected chi connectivity index (χ3v) is 6.01. The molecule has 194 valence electrons. The Morgan fingerprint density at radius 3 is 2.24 bits per heavy atom. The summed E-state index contributed by atoms with van der Waals surface area (Å²) in [5, 5.41) is 20.2. The van der Waals surface area contributed by atoms with Gasteiger partial charge in [0.2, 0.25) is 0 Å². The van der Waals surface area contributed by atoms with E-state index in [-0.39, 0.29) is 10.6 Å². The highest BCUT2D eigenvalue weighted by Crippen LogP contribution is 2.37. The first kappa shape index (κ1) is 27.4. The number of aryl methyl sites for hydroxylation is 1. The third-order valence-electron chi connectivity index (χ3n) is 6.01. The Kier molecular flexibility index (Phi) is 9.77. The monoisotopic (exact) mass is 502 g/mol. The van der Waals surface area contributed by atoms with Crippen LogP contribution in [0.4, 0.5) is 22.7 Å². The van der Waals surface area contributed by atoms with Crippen molar-refractivity contribution in [3.63, 3.8) is 0 Å². The van der Waals surface area contributed by atoms with E-state index in [0.717, 1.165) is 37.2 Å². The van der Waals surface area contributed by atoms with E-state index in [4.69, 9.17) is 9.47 Å². The SMILES string of the molecule is CCCCN(CC)c1ccc(N=Nc2cc(OC)c(C=Cc3ccc(C)cc3[N+](=O)[O-])cc2OC)cc1. The number of nitrogens with zero attached hydrogens (tertiary/aromatic N) is 4. The van der Waals surface area contributed by atoms with E-state index < -0.39 is 0 Å². The molecule has 0 saturated carbocycles. The van der Waals surface area contributed by atoms with E-state index in [2.05, 4.69) is 41.1 Å². The minimum atomic E-state index is -0.383. The van der Waals surface area contributed by atoms with Gasteiger partial charge in [-0.15, -0.1) is 5.11 Å². The Labute approximate surface area is 218 Å². The van der Waals surface area contributed by atoms with Crippen molar-refractivity contribution in [2.75, 3.05) is 32.2 Å². The quantitative estimate of drug-likeness (QED) is 0.108. The van der Waals surface area contributed by atoms with Gasteiger partial charge in [-0.05, 0) is 68.3 Å². The van der Waals surface area contributed by atoms with Crippen molar-refractivity contribution >= 4 is 34.9 Å². The molecule has 8 heteroatoms. The summed E-state index contributed by atoms with van der Waals surface area (Å²) in [6.07, 6.45) is 5.77. The summed E-state index contributed by atoms with van der Waals surface area (Å²) in [6.45, 7) is 8.16. The molecule has 3 aromatic carbocycles. The second-order valence-electron chi connectivity index (χ2n) is 8.57. The minimum absolute atomic E-state index is 0.0473. The lowest BCUT2D eigenvalue weighted by Gasteiger charge is -2.22. The molecular formula is C29H34N4O4. The minimum Gasteiger partial charge on any atom is -0.496 e. The van der Waals surface area contributed by atoms with Crippen molar-refractivity contribution < 1.29 is 14.4 Å². The molecule has 0 saturated heterocycles. The van der Waals surface area contributed by atoms with E-state index in [0.29, 0.717) is 28.3 Å². The molecule has 0 aromatic heterocycles. The Hall–Kier alpha value is -4.20. The number of hydrogen-bond donors (Lipinski definition) is 0. The maximum atomic E-state index is 11.5. The highest BCUT2D eigenvalue weighted by Gasteiger charge is 2.13. The molecule has 3 aromatic rings. The Morgan fingerprint density at radius 1 is 0.919 bits per heavy atom. The molecule has 0 aliphatic heterocycles. The number of nitro benzene ring substituents is 1. The maximum Gasteiger partial charge on any atom is 0.276 e. The molecular weight excluding hydrogens is 468 g/mol. The van der Waals surface area contributed by atoms with E-state index in [1.807, 2.05) is 25.1 Å². The van der Waals surface area contributed by atoms with Crippen LogP contribution in [0.1, 0.15) is 43.4 Å². The van der Waals surface area contributed by atoms with Gasteiger partial charge in [0.05, 0.1) is 30.4 Å². The average molecular weight is 503 g/mol. The van der Waals surface area contributed by atoms with Crippen LogP contribution in [-0.2, 0) is 0 Å². The molecule has 0 heterocycles. The van der Waals surface area contributed by atoms with E-state index in [9.17, 15) is 10.1 Å². The zero-order valence-corrected chi connectivity index (χ0v) is 22.1. The first-order chi connectivity index (χ1) is 17.9. The van der Waals surface area contributed by atoms with Crippen LogP contribution in [-0.4, -0.2) is 32.2 Å². The van der Waals surface area contributed by atoms with E-state index in [1.54, 1.807) is 50.6 Å². The van der Waals surface area contributed by atoms with Gasteiger partial charge in [0.25, 0.3) is 5.69 Å². The summed E-state index contributed by atoms with van der Waals surface area (Å²) < 4.78 is 11.1. The average Bonchev–Trinajstić information content (AvgIpc) is 2.91. The molecule has 37 heavy (non-hydrogen) atoms. The number of anilines is 1. The maximum absolute atomic E-state index is 11.5. The van der Waals surface area contributed by atoms with Crippen LogP contribution in [0.3, 0.4) is 0 Å². The smallest absolute Gasteiger partial charge is 0.276 e. The van der Waals surface area contributed by atoms with Crippen LogP contribution in [0.5, 0.6) is 11.5 Å². The third kappa shape index (κ3) is 7.16. The number of hydrogen-bond acceptors (Lipinski definition) is 7. The summed E-state index contributed by atoms with van der Waals surface area (Å²) in [7, 11) is 3.12. The molecule has 0 aliphatic rings. The molecule has 0 atom stereocenters. The predicted octanol–water partition coefficient (Wildman–Crippen LogP) is 8.13.